The minimum atomic E-state index is -3.13. The van der Waals surface area contributed by atoms with Crippen molar-refractivity contribution in [3.63, 3.8) is 0 Å². The third-order valence-corrected chi connectivity index (χ3v) is 2.92. The summed E-state index contributed by atoms with van der Waals surface area (Å²) in [4.78, 5) is 2.15. The van der Waals surface area contributed by atoms with Crippen molar-refractivity contribution in [3.8, 4) is 0 Å². The predicted octanol–water partition coefficient (Wildman–Crippen LogP) is -0.355. The molecule has 0 bridgehead atoms. The largest absolute Gasteiger partial charge is 0.368 e. The van der Waals surface area contributed by atoms with E-state index in [-0.39, 0.29) is 11.7 Å². The van der Waals surface area contributed by atoms with Gasteiger partial charge in [-0.15, -0.1) is 0 Å². The van der Waals surface area contributed by atoms with Crippen LogP contribution in [-0.2, 0) is 14.8 Å². The number of nitrogens with zero attached hydrogens (tertiary/aromatic N) is 1. The van der Waals surface area contributed by atoms with Crippen molar-refractivity contribution in [2.75, 3.05) is 32.9 Å². The summed E-state index contributed by atoms with van der Waals surface area (Å²) in [6.45, 7) is 5.98. The molecule has 1 atom stereocenters. The summed E-state index contributed by atoms with van der Waals surface area (Å²) in [5.74, 6) is 0. The molecule has 0 aliphatic carbocycles. The van der Waals surface area contributed by atoms with E-state index in [9.17, 15) is 8.42 Å². The Kier molecular flexibility index (Phi) is 3.76. The van der Waals surface area contributed by atoms with Gasteiger partial charge in [-0.3, -0.25) is 0 Å². The van der Waals surface area contributed by atoms with Gasteiger partial charge >= 0.3 is 0 Å². The van der Waals surface area contributed by atoms with Gasteiger partial charge in [-0.25, -0.2) is 13.1 Å². The Labute approximate surface area is 91.8 Å². The molecule has 1 saturated heterocycles. The Morgan fingerprint density at radius 1 is 1.53 bits per heavy atom. The molecule has 0 saturated carbocycles. The number of morpholine rings is 1. The first-order chi connectivity index (χ1) is 6.68. The molecule has 5 nitrogen and oxygen atoms in total. The highest BCUT2D eigenvalue weighted by Gasteiger charge is 2.31. The summed E-state index contributed by atoms with van der Waals surface area (Å²) in [6.07, 6.45) is 1.08. The van der Waals surface area contributed by atoms with Crippen LogP contribution in [0.15, 0.2) is 0 Å². The Hall–Kier alpha value is -0.170. The molecule has 1 N–H and O–H groups in total. The van der Waals surface area contributed by atoms with E-state index >= 15 is 0 Å². The van der Waals surface area contributed by atoms with Gasteiger partial charge in [0.15, 0.2) is 0 Å². The van der Waals surface area contributed by atoms with Crippen LogP contribution in [0.1, 0.15) is 13.8 Å². The van der Waals surface area contributed by atoms with Gasteiger partial charge in [0, 0.05) is 19.6 Å². The molecular weight excluding hydrogens is 216 g/mol. The second-order valence-electron chi connectivity index (χ2n) is 4.82. The molecule has 1 fully saturated rings. The van der Waals surface area contributed by atoms with Crippen molar-refractivity contribution in [1.82, 2.24) is 9.62 Å². The molecule has 1 heterocycles. The van der Waals surface area contributed by atoms with Gasteiger partial charge in [0.05, 0.1) is 18.0 Å². The summed E-state index contributed by atoms with van der Waals surface area (Å²) in [5, 5.41) is 0. The zero-order valence-corrected chi connectivity index (χ0v) is 10.6. The van der Waals surface area contributed by atoms with Crippen LogP contribution in [0.4, 0.5) is 0 Å². The van der Waals surface area contributed by atoms with Crippen LogP contribution in [0.5, 0.6) is 0 Å². The summed E-state index contributed by atoms with van der Waals surface area (Å²) < 4.78 is 30.1. The Balaban J connectivity index is 2.49. The first kappa shape index (κ1) is 12.9. The van der Waals surface area contributed by atoms with E-state index in [1.165, 1.54) is 0 Å². The standard InChI is InChI=1S/C9H20N2O3S/c1-9(2)7-11(3)6-8(14-9)5-10-15(4,12)13/h8,10H,5-7H2,1-4H3. The number of rotatable bonds is 3. The number of likely N-dealkylation sites (N-methyl/N-ethyl adjacent to an activating group) is 1. The molecule has 1 aliphatic rings. The number of ether oxygens (including phenoxy) is 1. The number of hydrogen-bond donors (Lipinski definition) is 1. The maximum atomic E-state index is 10.9. The van der Waals surface area contributed by atoms with E-state index in [4.69, 9.17) is 4.74 Å². The Morgan fingerprint density at radius 3 is 2.60 bits per heavy atom. The lowest BCUT2D eigenvalue weighted by molar-refractivity contribution is -0.127. The van der Waals surface area contributed by atoms with Gasteiger partial charge < -0.3 is 9.64 Å². The molecule has 0 spiro atoms. The van der Waals surface area contributed by atoms with Crippen molar-refractivity contribution >= 4 is 10.0 Å². The van der Waals surface area contributed by atoms with Crippen LogP contribution in [0.3, 0.4) is 0 Å². The molecule has 15 heavy (non-hydrogen) atoms. The maximum Gasteiger partial charge on any atom is 0.208 e. The lowest BCUT2D eigenvalue weighted by atomic mass is 10.1. The predicted molar refractivity (Wildman–Crippen MR) is 59.3 cm³/mol. The van der Waals surface area contributed by atoms with E-state index < -0.39 is 10.0 Å². The molecule has 1 rings (SSSR count). The fraction of sp³-hybridized carbons (Fsp3) is 1.00. The number of sulfonamides is 1. The first-order valence-electron chi connectivity index (χ1n) is 4.99. The van der Waals surface area contributed by atoms with Crippen LogP contribution < -0.4 is 4.72 Å². The van der Waals surface area contributed by atoms with Crippen molar-refractivity contribution in [1.29, 1.82) is 0 Å². The molecule has 0 aromatic rings. The summed E-state index contributed by atoms with van der Waals surface area (Å²) >= 11 is 0. The van der Waals surface area contributed by atoms with E-state index in [0.29, 0.717) is 6.54 Å². The Morgan fingerprint density at radius 2 is 2.13 bits per heavy atom. The van der Waals surface area contributed by atoms with Crippen LogP contribution in [0.25, 0.3) is 0 Å². The van der Waals surface area contributed by atoms with Crippen LogP contribution in [0, 0.1) is 0 Å². The fourth-order valence-corrected chi connectivity index (χ4v) is 2.43. The minimum absolute atomic E-state index is 0.0755. The second-order valence-corrected chi connectivity index (χ2v) is 6.65. The lowest BCUT2D eigenvalue weighted by Crippen LogP contribution is -2.54. The molecule has 0 amide bonds. The lowest BCUT2D eigenvalue weighted by Gasteiger charge is -2.41. The third-order valence-electron chi connectivity index (χ3n) is 2.22. The zero-order chi connectivity index (χ0) is 11.7. The van der Waals surface area contributed by atoms with Crippen molar-refractivity contribution in [2.45, 2.75) is 25.6 Å². The second kappa shape index (κ2) is 4.37. The highest BCUT2D eigenvalue weighted by Crippen LogP contribution is 2.19. The van der Waals surface area contributed by atoms with E-state index in [1.807, 2.05) is 20.9 Å². The normalized spacial score (nSPS) is 27.9. The van der Waals surface area contributed by atoms with E-state index in [1.54, 1.807) is 0 Å². The monoisotopic (exact) mass is 236 g/mol. The fourth-order valence-electron chi connectivity index (χ4n) is 1.94. The molecule has 0 aromatic heterocycles. The van der Waals surface area contributed by atoms with E-state index in [0.717, 1.165) is 19.3 Å². The quantitative estimate of drug-likeness (QED) is 0.727. The average molecular weight is 236 g/mol. The van der Waals surface area contributed by atoms with Gasteiger partial charge in [0.25, 0.3) is 0 Å². The molecule has 6 heteroatoms. The maximum absolute atomic E-state index is 10.9. The van der Waals surface area contributed by atoms with Gasteiger partial charge in [-0.2, -0.15) is 0 Å². The zero-order valence-electron chi connectivity index (χ0n) is 9.78. The molecule has 90 valence electrons. The van der Waals surface area contributed by atoms with Gasteiger partial charge in [-0.1, -0.05) is 0 Å². The van der Waals surface area contributed by atoms with Crippen LogP contribution in [0.2, 0.25) is 0 Å². The summed E-state index contributed by atoms with van der Waals surface area (Å²) in [5.41, 5.74) is -0.211. The molecule has 0 aromatic carbocycles. The summed E-state index contributed by atoms with van der Waals surface area (Å²) in [7, 11) is -1.12. The topological polar surface area (TPSA) is 58.6 Å². The van der Waals surface area contributed by atoms with Crippen LogP contribution >= 0.6 is 0 Å². The van der Waals surface area contributed by atoms with Gasteiger partial charge in [0.2, 0.25) is 10.0 Å². The molecule has 1 aliphatic heterocycles. The molecular formula is C9H20N2O3S. The molecule has 1 unspecified atom stereocenters. The Bertz CT molecular complexity index is 313. The third kappa shape index (κ3) is 4.92. The molecule has 0 radical (unpaired) electrons. The highest BCUT2D eigenvalue weighted by molar-refractivity contribution is 7.88. The minimum Gasteiger partial charge on any atom is -0.368 e. The van der Waals surface area contributed by atoms with Crippen molar-refractivity contribution in [3.05, 3.63) is 0 Å². The van der Waals surface area contributed by atoms with E-state index in [2.05, 4.69) is 9.62 Å². The van der Waals surface area contributed by atoms with Crippen molar-refractivity contribution in [2.24, 2.45) is 0 Å². The number of nitrogens with one attached hydrogen (secondary N) is 1. The summed E-state index contributed by atoms with van der Waals surface area (Å²) in [6, 6.07) is 0. The van der Waals surface area contributed by atoms with Crippen LogP contribution in [-0.4, -0.2) is 58.0 Å². The SMILES string of the molecule is CN1CC(CNS(C)(=O)=O)OC(C)(C)C1. The van der Waals surface area contributed by atoms with Gasteiger partial charge in [0.1, 0.15) is 0 Å². The van der Waals surface area contributed by atoms with Gasteiger partial charge in [-0.05, 0) is 20.9 Å². The average Bonchev–Trinajstić information content (AvgIpc) is 1.95. The first-order valence-corrected chi connectivity index (χ1v) is 6.88. The number of hydrogen-bond acceptors (Lipinski definition) is 4. The van der Waals surface area contributed by atoms with Crippen molar-refractivity contribution < 1.29 is 13.2 Å². The smallest absolute Gasteiger partial charge is 0.208 e. The highest BCUT2D eigenvalue weighted by atomic mass is 32.2.